The first-order valence-corrected chi connectivity index (χ1v) is 12.1. The average molecular weight is 508 g/mol. The highest BCUT2D eigenvalue weighted by Gasteiger charge is 2.25. The van der Waals surface area contributed by atoms with E-state index in [-0.39, 0.29) is 16.4 Å². The Morgan fingerprint density at radius 1 is 1.17 bits per heavy atom. The Balaban J connectivity index is 1.46. The maximum absolute atomic E-state index is 16.0. The smallest absolute Gasteiger partial charge is 0.246 e. The number of fused-ring (bicyclic) bond motifs is 2. The van der Waals surface area contributed by atoms with Gasteiger partial charge in [0.15, 0.2) is 5.82 Å². The van der Waals surface area contributed by atoms with Crippen molar-refractivity contribution in [3.05, 3.63) is 59.3 Å². The summed E-state index contributed by atoms with van der Waals surface area (Å²) in [6.07, 6.45) is 6.54. The number of piperazine rings is 1. The Morgan fingerprint density at radius 3 is 2.69 bits per heavy atom. The van der Waals surface area contributed by atoms with Crippen molar-refractivity contribution in [2.45, 2.75) is 6.92 Å². The quantitative estimate of drug-likeness (QED) is 0.411. The number of carbonyl (C=O) groups excluding carboxylic acids is 1. The first-order chi connectivity index (χ1) is 17.3. The van der Waals surface area contributed by atoms with Crippen LogP contribution in [0.5, 0.6) is 0 Å². The van der Waals surface area contributed by atoms with Crippen molar-refractivity contribution >= 4 is 45.1 Å². The van der Waals surface area contributed by atoms with Gasteiger partial charge in [0.05, 0.1) is 16.7 Å². The summed E-state index contributed by atoms with van der Waals surface area (Å²) in [5.41, 5.74) is 2.90. The number of carbonyl (C=O) groups is 1. The van der Waals surface area contributed by atoms with Crippen molar-refractivity contribution < 1.29 is 9.18 Å². The van der Waals surface area contributed by atoms with E-state index in [4.69, 9.17) is 11.6 Å². The van der Waals surface area contributed by atoms with Crippen LogP contribution in [0.1, 0.15) is 5.56 Å². The Hall–Kier alpha value is -3.56. The molecule has 1 fully saturated rings. The lowest BCUT2D eigenvalue weighted by atomic mass is 9.95. The van der Waals surface area contributed by atoms with Crippen molar-refractivity contribution in [3.63, 3.8) is 0 Å². The molecule has 0 radical (unpaired) electrons. The lowest BCUT2D eigenvalue weighted by Gasteiger charge is -2.35. The lowest BCUT2D eigenvalue weighted by Crippen LogP contribution is -2.48. The minimum absolute atomic E-state index is 0.00781. The Kier molecular flexibility index (Phi) is 6.59. The van der Waals surface area contributed by atoms with Gasteiger partial charge in [-0.3, -0.25) is 9.89 Å². The Bertz CT molecular complexity index is 1470. The molecule has 4 aromatic rings. The number of nitrogens with one attached hydrogen (secondary N) is 1. The monoisotopic (exact) mass is 507 g/mol. The third-order valence-corrected chi connectivity index (χ3v) is 6.80. The number of rotatable bonds is 5. The molecule has 10 heteroatoms. The summed E-state index contributed by atoms with van der Waals surface area (Å²) < 4.78 is 16.0. The third-order valence-electron chi connectivity index (χ3n) is 6.50. The molecule has 5 rings (SSSR count). The fourth-order valence-corrected chi connectivity index (χ4v) is 4.95. The van der Waals surface area contributed by atoms with Gasteiger partial charge in [0.25, 0.3) is 0 Å². The van der Waals surface area contributed by atoms with Crippen molar-refractivity contribution in [1.82, 2.24) is 30.0 Å². The van der Waals surface area contributed by atoms with E-state index in [2.05, 4.69) is 25.1 Å². The largest absolute Gasteiger partial charge is 0.352 e. The number of hydrogen-bond acceptors (Lipinski definition) is 6. The maximum Gasteiger partial charge on any atom is 0.246 e. The molecule has 1 N–H and O–H groups in total. The number of benzene rings is 2. The van der Waals surface area contributed by atoms with Crippen LogP contribution < -0.4 is 4.90 Å². The number of aromatic amines is 1. The highest BCUT2D eigenvalue weighted by atomic mass is 35.5. The highest BCUT2D eigenvalue weighted by molar-refractivity contribution is 6.35. The summed E-state index contributed by atoms with van der Waals surface area (Å²) in [6, 6.07) is 5.57. The number of nitrogens with zero attached hydrogens (tertiary/aromatic N) is 6. The number of anilines is 1. The molecule has 36 heavy (non-hydrogen) atoms. The van der Waals surface area contributed by atoms with Crippen LogP contribution in [-0.2, 0) is 4.79 Å². The number of halogens is 2. The van der Waals surface area contributed by atoms with Gasteiger partial charge in [-0.05, 0) is 38.7 Å². The summed E-state index contributed by atoms with van der Waals surface area (Å²) >= 11 is 6.72. The molecule has 0 unspecified atom stereocenters. The molecule has 8 nitrogen and oxygen atoms in total. The molecule has 1 amide bonds. The van der Waals surface area contributed by atoms with Crippen LogP contribution in [0.3, 0.4) is 0 Å². The van der Waals surface area contributed by atoms with Crippen LogP contribution in [0.2, 0.25) is 5.02 Å². The molecule has 0 aliphatic carbocycles. The molecule has 1 saturated heterocycles. The average Bonchev–Trinajstić information content (AvgIpc) is 3.34. The minimum atomic E-state index is -0.488. The molecular formula is C26H27ClFN7O. The highest BCUT2D eigenvalue weighted by Crippen LogP contribution is 2.41. The molecule has 2 aromatic heterocycles. The molecule has 0 atom stereocenters. The van der Waals surface area contributed by atoms with Gasteiger partial charge >= 0.3 is 0 Å². The first-order valence-electron chi connectivity index (χ1n) is 11.8. The van der Waals surface area contributed by atoms with Crippen molar-refractivity contribution in [2.75, 3.05) is 51.7 Å². The second-order valence-electron chi connectivity index (χ2n) is 9.21. The molecule has 0 saturated carbocycles. The number of likely N-dealkylation sites (N-methyl/N-ethyl adjacent to an activating group) is 1. The second kappa shape index (κ2) is 9.83. The molecule has 2 aromatic carbocycles. The summed E-state index contributed by atoms with van der Waals surface area (Å²) in [4.78, 5) is 27.1. The number of aryl methyl sites for hydroxylation is 1. The standard InChI is InChI=1S/C26H27ClFN7O/c1-16-6-7-20-18(14-31-32-20)22(16)23-19(27)13-17-25(24(23)28)29-15-30-26(17)35-11-9-34(10-12-35)21(36)5-4-8-33(2)3/h4-7,13-15H,8-12H2,1-3H3,(H,31,32)/b5-4+. The predicted molar refractivity (Wildman–Crippen MR) is 141 cm³/mol. The van der Waals surface area contributed by atoms with Gasteiger partial charge in [-0.2, -0.15) is 5.10 Å². The van der Waals surface area contributed by atoms with Crippen LogP contribution in [0.15, 0.2) is 42.9 Å². The third kappa shape index (κ3) is 4.40. The minimum Gasteiger partial charge on any atom is -0.352 e. The van der Waals surface area contributed by atoms with Gasteiger partial charge < -0.3 is 14.7 Å². The predicted octanol–water partition coefficient (Wildman–Crippen LogP) is 4.04. The molecule has 0 spiro atoms. The van der Waals surface area contributed by atoms with Gasteiger partial charge in [-0.1, -0.05) is 23.7 Å². The zero-order valence-corrected chi connectivity index (χ0v) is 21.2. The van der Waals surface area contributed by atoms with E-state index in [1.54, 1.807) is 18.3 Å². The SMILES string of the molecule is Cc1ccc2[nH]ncc2c1-c1c(Cl)cc2c(N3CCN(C(=O)/C=C/CN(C)C)CC3)ncnc2c1F. The van der Waals surface area contributed by atoms with Gasteiger partial charge in [0.2, 0.25) is 5.91 Å². The number of H-pyrrole nitrogens is 1. The van der Waals surface area contributed by atoms with Crippen molar-refractivity contribution in [3.8, 4) is 11.1 Å². The molecule has 3 heterocycles. The van der Waals surface area contributed by atoms with Crippen LogP contribution in [0, 0.1) is 12.7 Å². The van der Waals surface area contributed by atoms with E-state index < -0.39 is 5.82 Å². The van der Waals surface area contributed by atoms with Gasteiger partial charge in [0.1, 0.15) is 17.7 Å². The number of aromatic nitrogens is 4. The normalized spacial score (nSPS) is 14.6. The zero-order chi connectivity index (χ0) is 25.4. The van der Waals surface area contributed by atoms with E-state index in [9.17, 15) is 4.79 Å². The zero-order valence-electron chi connectivity index (χ0n) is 20.4. The van der Waals surface area contributed by atoms with Gasteiger partial charge in [-0.15, -0.1) is 0 Å². The van der Waals surface area contributed by atoms with Crippen LogP contribution in [-0.4, -0.2) is 82.7 Å². The van der Waals surface area contributed by atoms with Gasteiger partial charge in [-0.25, -0.2) is 14.4 Å². The van der Waals surface area contributed by atoms with E-state index in [0.717, 1.165) is 16.5 Å². The summed E-state index contributed by atoms with van der Waals surface area (Å²) in [7, 11) is 3.91. The number of amides is 1. The van der Waals surface area contributed by atoms with E-state index in [1.165, 1.54) is 6.33 Å². The van der Waals surface area contributed by atoms with Crippen LogP contribution in [0.25, 0.3) is 32.9 Å². The van der Waals surface area contributed by atoms with E-state index in [1.807, 2.05) is 49.0 Å². The van der Waals surface area contributed by atoms with E-state index in [0.29, 0.717) is 55.1 Å². The van der Waals surface area contributed by atoms with Crippen LogP contribution in [0.4, 0.5) is 10.2 Å². The maximum atomic E-state index is 16.0. The van der Waals surface area contributed by atoms with E-state index >= 15 is 4.39 Å². The summed E-state index contributed by atoms with van der Waals surface area (Å²) in [5.74, 6) is 0.116. The van der Waals surface area contributed by atoms with Gasteiger partial charge in [0, 0.05) is 60.7 Å². The van der Waals surface area contributed by atoms with Crippen molar-refractivity contribution in [2.24, 2.45) is 0 Å². The summed E-state index contributed by atoms with van der Waals surface area (Å²) in [5, 5.41) is 8.67. The second-order valence-corrected chi connectivity index (χ2v) is 9.61. The Morgan fingerprint density at radius 2 is 1.94 bits per heavy atom. The van der Waals surface area contributed by atoms with Crippen LogP contribution >= 0.6 is 11.6 Å². The topological polar surface area (TPSA) is 81.3 Å². The molecular weight excluding hydrogens is 481 g/mol. The molecule has 1 aliphatic rings. The molecule has 1 aliphatic heterocycles. The molecule has 0 bridgehead atoms. The Labute approximate surface area is 213 Å². The number of hydrogen-bond donors (Lipinski definition) is 1. The first kappa shape index (κ1) is 24.1. The fraction of sp³-hybridized carbons (Fsp3) is 0.308. The molecule has 186 valence electrons. The lowest BCUT2D eigenvalue weighted by molar-refractivity contribution is -0.126. The van der Waals surface area contributed by atoms with Crippen molar-refractivity contribution in [1.29, 1.82) is 0 Å². The fourth-order valence-electron chi connectivity index (χ4n) is 4.66. The summed E-state index contributed by atoms with van der Waals surface area (Å²) in [6.45, 7) is 4.88.